The number of carbonyl (C=O) groups excluding carboxylic acids is 1. The van der Waals surface area contributed by atoms with E-state index in [1.807, 2.05) is 0 Å². The highest BCUT2D eigenvalue weighted by molar-refractivity contribution is 7.89. The Morgan fingerprint density at radius 1 is 1.10 bits per heavy atom. The number of halogens is 1. The Morgan fingerprint density at radius 3 is 2.41 bits per heavy atom. The minimum Gasteiger partial charge on any atom is -0.322 e. The molecule has 0 bridgehead atoms. The van der Waals surface area contributed by atoms with Crippen LogP contribution in [0.1, 0.15) is 29.8 Å². The van der Waals surface area contributed by atoms with E-state index in [0.29, 0.717) is 5.69 Å². The minimum absolute atomic E-state index is 0.000326. The number of amides is 1. The summed E-state index contributed by atoms with van der Waals surface area (Å²) in [6, 6.07) is 9.62. The van der Waals surface area contributed by atoms with Crippen molar-refractivity contribution in [2.45, 2.75) is 44.4 Å². The van der Waals surface area contributed by atoms with Gasteiger partial charge in [-0.1, -0.05) is 31.6 Å². The van der Waals surface area contributed by atoms with Gasteiger partial charge in [0.15, 0.2) is 0 Å². The molecule has 5 nitrogen and oxygen atoms in total. The Balaban J connectivity index is 2.27. The Hall–Kier alpha value is -2.47. The number of hydrogen-bond donors (Lipinski definition) is 2. The van der Waals surface area contributed by atoms with Gasteiger partial charge in [0, 0.05) is 17.3 Å². The van der Waals surface area contributed by atoms with E-state index >= 15 is 0 Å². The van der Waals surface area contributed by atoms with Crippen LogP contribution in [0.4, 0.5) is 10.1 Å². The summed E-state index contributed by atoms with van der Waals surface area (Å²) in [5, 5.41) is 2.67. The highest BCUT2D eigenvalue weighted by Crippen LogP contribution is 2.17. The molecule has 2 rings (SSSR count). The SMILES string of the molecule is CC(C)NS(=O)(=O)c1cccc(C(=O)Nc2ccc(F)c(C#C[Si](C)(C)C)c2)c1. The van der Waals surface area contributed by atoms with Crippen molar-refractivity contribution in [2.24, 2.45) is 0 Å². The predicted octanol–water partition coefficient (Wildman–Crippen LogP) is 3.99. The predicted molar refractivity (Wildman–Crippen MR) is 116 cm³/mol. The van der Waals surface area contributed by atoms with Gasteiger partial charge in [0.05, 0.1) is 10.5 Å². The van der Waals surface area contributed by atoms with Crippen LogP contribution in [0.3, 0.4) is 0 Å². The van der Waals surface area contributed by atoms with Gasteiger partial charge in [-0.05, 0) is 50.2 Å². The molecule has 0 spiro atoms. The normalized spacial score (nSPS) is 11.7. The van der Waals surface area contributed by atoms with E-state index in [-0.39, 0.29) is 22.1 Å². The van der Waals surface area contributed by atoms with E-state index in [1.165, 1.54) is 42.5 Å². The summed E-state index contributed by atoms with van der Waals surface area (Å²) >= 11 is 0. The van der Waals surface area contributed by atoms with Gasteiger partial charge in [-0.3, -0.25) is 4.79 Å². The zero-order chi connectivity index (χ0) is 21.8. The van der Waals surface area contributed by atoms with E-state index in [4.69, 9.17) is 0 Å². The molecule has 0 saturated carbocycles. The first-order valence-corrected chi connectivity index (χ1v) is 14.1. The Morgan fingerprint density at radius 2 is 1.79 bits per heavy atom. The van der Waals surface area contributed by atoms with Gasteiger partial charge in [0.2, 0.25) is 10.0 Å². The summed E-state index contributed by atoms with van der Waals surface area (Å²) in [5.41, 5.74) is 3.86. The molecule has 0 radical (unpaired) electrons. The molecule has 0 saturated heterocycles. The Bertz CT molecular complexity index is 1080. The number of anilines is 1. The molecule has 1 amide bonds. The summed E-state index contributed by atoms with van der Waals surface area (Å²) < 4.78 is 41.1. The van der Waals surface area contributed by atoms with Crippen LogP contribution in [-0.2, 0) is 10.0 Å². The van der Waals surface area contributed by atoms with E-state index in [9.17, 15) is 17.6 Å². The lowest BCUT2D eigenvalue weighted by atomic mass is 10.1. The van der Waals surface area contributed by atoms with Crippen LogP contribution in [0.5, 0.6) is 0 Å². The molecular weight excluding hydrogens is 407 g/mol. The molecule has 0 aliphatic rings. The summed E-state index contributed by atoms with van der Waals surface area (Å²) in [6.07, 6.45) is 0. The Labute approximate surface area is 172 Å². The second-order valence-corrected chi connectivity index (χ2v) is 14.4. The highest BCUT2D eigenvalue weighted by atomic mass is 32.2. The number of hydrogen-bond acceptors (Lipinski definition) is 3. The molecule has 0 aliphatic heterocycles. The molecule has 154 valence electrons. The van der Waals surface area contributed by atoms with Crippen molar-refractivity contribution in [1.82, 2.24) is 4.72 Å². The number of rotatable bonds is 5. The third-order valence-corrected chi connectivity index (χ3v) is 6.13. The lowest BCUT2D eigenvalue weighted by molar-refractivity contribution is 0.102. The quantitative estimate of drug-likeness (QED) is 0.554. The zero-order valence-electron chi connectivity index (χ0n) is 17.1. The highest BCUT2D eigenvalue weighted by Gasteiger charge is 2.17. The van der Waals surface area contributed by atoms with E-state index < -0.39 is 29.8 Å². The number of sulfonamides is 1. The van der Waals surface area contributed by atoms with Crippen LogP contribution in [0.15, 0.2) is 47.4 Å². The van der Waals surface area contributed by atoms with Gasteiger partial charge < -0.3 is 5.32 Å². The van der Waals surface area contributed by atoms with Gasteiger partial charge in [0.25, 0.3) is 5.91 Å². The van der Waals surface area contributed by atoms with Gasteiger partial charge in [-0.2, -0.15) is 0 Å². The van der Waals surface area contributed by atoms with Crippen molar-refractivity contribution < 1.29 is 17.6 Å². The largest absolute Gasteiger partial charge is 0.322 e. The van der Waals surface area contributed by atoms with Crippen LogP contribution in [0.25, 0.3) is 0 Å². The summed E-state index contributed by atoms with van der Waals surface area (Å²) in [6.45, 7) is 9.59. The van der Waals surface area contributed by atoms with Crippen molar-refractivity contribution in [3.05, 3.63) is 59.4 Å². The fourth-order valence-electron chi connectivity index (χ4n) is 2.34. The number of nitrogens with one attached hydrogen (secondary N) is 2. The molecule has 0 aromatic heterocycles. The maximum atomic E-state index is 14.0. The molecular formula is C21H25FN2O3SSi. The monoisotopic (exact) mass is 432 g/mol. The molecule has 0 atom stereocenters. The maximum Gasteiger partial charge on any atom is 0.255 e. The van der Waals surface area contributed by atoms with Crippen LogP contribution < -0.4 is 10.0 Å². The molecule has 8 heteroatoms. The molecule has 29 heavy (non-hydrogen) atoms. The molecule has 0 unspecified atom stereocenters. The lowest BCUT2D eigenvalue weighted by Crippen LogP contribution is -2.30. The smallest absolute Gasteiger partial charge is 0.255 e. The fourth-order valence-corrected chi connectivity index (χ4v) is 4.15. The molecule has 0 fully saturated rings. The topological polar surface area (TPSA) is 75.3 Å². The van der Waals surface area contributed by atoms with Crippen molar-refractivity contribution in [2.75, 3.05) is 5.32 Å². The van der Waals surface area contributed by atoms with Crippen LogP contribution in [-0.4, -0.2) is 28.4 Å². The summed E-state index contributed by atoms with van der Waals surface area (Å²) in [5.74, 6) is 1.90. The first-order valence-electron chi connectivity index (χ1n) is 9.14. The molecule has 0 aliphatic carbocycles. The second-order valence-electron chi connectivity index (χ2n) is 7.95. The minimum atomic E-state index is -3.72. The third kappa shape index (κ3) is 6.82. The molecule has 2 aromatic rings. The fraction of sp³-hybridized carbons (Fsp3) is 0.286. The van der Waals surface area contributed by atoms with Crippen LogP contribution in [0.2, 0.25) is 19.6 Å². The van der Waals surface area contributed by atoms with Gasteiger partial charge in [-0.15, -0.1) is 5.54 Å². The van der Waals surface area contributed by atoms with Gasteiger partial charge >= 0.3 is 0 Å². The van der Waals surface area contributed by atoms with E-state index in [2.05, 4.69) is 41.1 Å². The van der Waals surface area contributed by atoms with Crippen molar-refractivity contribution in [1.29, 1.82) is 0 Å². The molecule has 0 heterocycles. The summed E-state index contributed by atoms with van der Waals surface area (Å²) in [4.78, 5) is 12.6. The Kier molecular flexibility index (Phi) is 7.00. The number of benzene rings is 2. The average Bonchev–Trinajstić information content (AvgIpc) is 2.60. The van der Waals surface area contributed by atoms with Gasteiger partial charge in [-0.25, -0.2) is 17.5 Å². The standard InChI is InChI=1S/C21H25FN2O3SSi/c1-15(2)24-28(26,27)19-8-6-7-17(14-19)21(25)23-18-9-10-20(22)16(13-18)11-12-29(3,4)5/h6-10,13-15,24H,1-5H3,(H,23,25). The van der Waals surface area contributed by atoms with Crippen molar-refractivity contribution >= 4 is 29.7 Å². The maximum absolute atomic E-state index is 14.0. The first kappa shape index (κ1) is 22.8. The van der Waals surface area contributed by atoms with Crippen molar-refractivity contribution in [3.8, 4) is 11.5 Å². The summed E-state index contributed by atoms with van der Waals surface area (Å²) in [7, 11) is -5.40. The first-order chi connectivity index (χ1) is 13.4. The third-order valence-electron chi connectivity index (χ3n) is 3.59. The van der Waals surface area contributed by atoms with Crippen LogP contribution >= 0.6 is 0 Å². The number of carbonyl (C=O) groups is 1. The lowest BCUT2D eigenvalue weighted by Gasteiger charge is -2.11. The zero-order valence-corrected chi connectivity index (χ0v) is 18.9. The molecule has 2 N–H and O–H groups in total. The van der Waals surface area contributed by atoms with Crippen molar-refractivity contribution in [3.63, 3.8) is 0 Å². The average molecular weight is 433 g/mol. The van der Waals surface area contributed by atoms with E-state index in [0.717, 1.165) is 0 Å². The van der Waals surface area contributed by atoms with Crippen LogP contribution in [0, 0.1) is 17.3 Å². The van der Waals surface area contributed by atoms with Gasteiger partial charge in [0.1, 0.15) is 13.9 Å². The van der Waals surface area contributed by atoms with E-state index in [1.54, 1.807) is 13.8 Å². The molecule has 2 aromatic carbocycles. The second kappa shape index (κ2) is 8.90.